The summed E-state index contributed by atoms with van der Waals surface area (Å²) in [6.07, 6.45) is 5.17. The number of hydrogen-bond acceptors (Lipinski definition) is 3. The third-order valence-corrected chi connectivity index (χ3v) is 3.55. The largest absolute Gasteiger partial charge is 0.480 e. The fraction of sp³-hybridized carbons (Fsp3) is 0.833. The van der Waals surface area contributed by atoms with Gasteiger partial charge >= 0.3 is 5.97 Å². The van der Waals surface area contributed by atoms with Crippen LogP contribution in [0.1, 0.15) is 38.5 Å². The molecule has 5 heteroatoms. The third-order valence-electron chi connectivity index (χ3n) is 3.55. The molecule has 0 saturated heterocycles. The van der Waals surface area contributed by atoms with E-state index in [0.29, 0.717) is 18.3 Å². The van der Waals surface area contributed by atoms with Crippen LogP contribution in [0.2, 0.25) is 0 Å². The van der Waals surface area contributed by atoms with E-state index < -0.39 is 12.0 Å². The van der Waals surface area contributed by atoms with E-state index in [4.69, 9.17) is 10.8 Å². The van der Waals surface area contributed by atoms with Crippen LogP contribution in [0.25, 0.3) is 0 Å². The molecule has 2 fully saturated rings. The van der Waals surface area contributed by atoms with Gasteiger partial charge in [-0.15, -0.1) is 0 Å². The van der Waals surface area contributed by atoms with E-state index in [2.05, 4.69) is 5.32 Å². The molecule has 0 aliphatic heterocycles. The second-order valence-corrected chi connectivity index (χ2v) is 5.34. The van der Waals surface area contributed by atoms with Gasteiger partial charge in [0.05, 0.1) is 0 Å². The van der Waals surface area contributed by atoms with E-state index in [-0.39, 0.29) is 18.4 Å². The van der Waals surface area contributed by atoms with Crippen molar-refractivity contribution in [3.8, 4) is 0 Å². The molecule has 2 aliphatic carbocycles. The lowest BCUT2D eigenvalue weighted by molar-refractivity contribution is -0.142. The van der Waals surface area contributed by atoms with Gasteiger partial charge in [0.15, 0.2) is 0 Å². The van der Waals surface area contributed by atoms with Crippen molar-refractivity contribution in [3.63, 3.8) is 0 Å². The molecule has 96 valence electrons. The number of carbonyl (C=O) groups excluding carboxylic acids is 1. The number of hydrogen-bond donors (Lipinski definition) is 3. The maximum Gasteiger partial charge on any atom is 0.326 e. The highest BCUT2D eigenvalue weighted by atomic mass is 16.4. The highest BCUT2D eigenvalue weighted by Gasteiger charge is 2.33. The molecule has 2 atom stereocenters. The Labute approximate surface area is 101 Å². The third kappa shape index (κ3) is 4.00. The van der Waals surface area contributed by atoms with Gasteiger partial charge in [0, 0.05) is 12.5 Å². The minimum Gasteiger partial charge on any atom is -0.480 e. The SMILES string of the molecule is NC(CC(=O)N[C@@H](CC1CC1)C(=O)O)C1CC1. The molecule has 4 N–H and O–H groups in total. The molecule has 0 radical (unpaired) electrons. The molecular weight excluding hydrogens is 220 g/mol. The van der Waals surface area contributed by atoms with Crippen LogP contribution >= 0.6 is 0 Å². The van der Waals surface area contributed by atoms with Gasteiger partial charge in [-0.3, -0.25) is 4.79 Å². The van der Waals surface area contributed by atoms with Crippen LogP contribution < -0.4 is 11.1 Å². The molecule has 0 aromatic rings. The van der Waals surface area contributed by atoms with Crippen molar-refractivity contribution in [1.82, 2.24) is 5.32 Å². The summed E-state index contributed by atoms with van der Waals surface area (Å²) in [5, 5.41) is 11.6. The van der Waals surface area contributed by atoms with Gasteiger partial charge < -0.3 is 16.2 Å². The average Bonchev–Trinajstić information content (AvgIpc) is 3.11. The summed E-state index contributed by atoms with van der Waals surface area (Å²) in [5.41, 5.74) is 5.84. The monoisotopic (exact) mass is 240 g/mol. The normalized spacial score (nSPS) is 22.9. The van der Waals surface area contributed by atoms with E-state index in [0.717, 1.165) is 25.7 Å². The van der Waals surface area contributed by atoms with Crippen LogP contribution in [-0.2, 0) is 9.59 Å². The maximum absolute atomic E-state index is 11.6. The first-order valence-corrected chi connectivity index (χ1v) is 6.34. The molecule has 0 spiro atoms. The van der Waals surface area contributed by atoms with Crippen LogP contribution in [0.15, 0.2) is 0 Å². The molecule has 5 nitrogen and oxygen atoms in total. The molecule has 1 unspecified atom stereocenters. The van der Waals surface area contributed by atoms with Crippen molar-refractivity contribution in [1.29, 1.82) is 0 Å². The molecule has 0 bridgehead atoms. The topological polar surface area (TPSA) is 92.4 Å². The fourth-order valence-corrected chi connectivity index (χ4v) is 2.07. The Morgan fingerprint density at radius 2 is 1.94 bits per heavy atom. The van der Waals surface area contributed by atoms with Gasteiger partial charge in [0.1, 0.15) is 6.04 Å². The average molecular weight is 240 g/mol. The molecule has 0 aromatic heterocycles. The van der Waals surface area contributed by atoms with Crippen molar-refractivity contribution in [2.75, 3.05) is 0 Å². The fourth-order valence-electron chi connectivity index (χ4n) is 2.07. The number of amides is 1. The first kappa shape index (κ1) is 12.4. The number of carbonyl (C=O) groups is 2. The molecule has 0 heterocycles. The lowest BCUT2D eigenvalue weighted by atomic mass is 10.1. The van der Waals surface area contributed by atoms with Crippen molar-refractivity contribution < 1.29 is 14.7 Å². The minimum atomic E-state index is -0.940. The second kappa shape index (κ2) is 5.04. The van der Waals surface area contributed by atoms with Gasteiger partial charge in [0.25, 0.3) is 0 Å². The molecule has 17 heavy (non-hydrogen) atoms. The number of nitrogens with one attached hydrogen (secondary N) is 1. The van der Waals surface area contributed by atoms with Crippen molar-refractivity contribution >= 4 is 11.9 Å². The van der Waals surface area contributed by atoms with Crippen molar-refractivity contribution in [2.45, 2.75) is 50.6 Å². The highest BCUT2D eigenvalue weighted by molar-refractivity contribution is 5.83. The summed E-state index contributed by atoms with van der Waals surface area (Å²) in [6.45, 7) is 0. The van der Waals surface area contributed by atoms with Crippen molar-refractivity contribution in [2.24, 2.45) is 17.6 Å². The molecule has 0 aromatic carbocycles. The van der Waals surface area contributed by atoms with Crippen LogP contribution in [-0.4, -0.2) is 29.1 Å². The molecule has 2 aliphatic rings. The summed E-state index contributed by atoms with van der Waals surface area (Å²) in [5.74, 6) is -0.219. The number of aliphatic carboxylic acids is 1. The van der Waals surface area contributed by atoms with E-state index in [9.17, 15) is 9.59 Å². The molecule has 1 amide bonds. The van der Waals surface area contributed by atoms with Crippen LogP contribution in [0.5, 0.6) is 0 Å². The van der Waals surface area contributed by atoms with Gasteiger partial charge in [-0.1, -0.05) is 12.8 Å². The quantitative estimate of drug-likeness (QED) is 0.603. The Morgan fingerprint density at radius 1 is 1.29 bits per heavy atom. The summed E-state index contributed by atoms with van der Waals surface area (Å²) in [4.78, 5) is 22.6. The van der Waals surface area contributed by atoms with Crippen LogP contribution in [0.4, 0.5) is 0 Å². The molecule has 2 rings (SSSR count). The van der Waals surface area contributed by atoms with E-state index in [1.807, 2.05) is 0 Å². The highest BCUT2D eigenvalue weighted by Crippen LogP contribution is 2.34. The number of carboxylic acid groups (broad SMARTS) is 1. The Hall–Kier alpha value is -1.10. The van der Waals surface area contributed by atoms with Gasteiger partial charge in [-0.05, 0) is 31.1 Å². The predicted molar refractivity (Wildman–Crippen MR) is 62.2 cm³/mol. The maximum atomic E-state index is 11.6. The number of nitrogens with two attached hydrogens (primary N) is 1. The van der Waals surface area contributed by atoms with Gasteiger partial charge in [0.2, 0.25) is 5.91 Å². The van der Waals surface area contributed by atoms with Crippen LogP contribution in [0, 0.1) is 11.8 Å². The number of rotatable bonds is 7. The zero-order valence-electron chi connectivity index (χ0n) is 9.89. The zero-order valence-corrected chi connectivity index (χ0v) is 9.89. The minimum absolute atomic E-state index is 0.106. The summed E-state index contributed by atoms with van der Waals surface area (Å²) in [7, 11) is 0. The Bertz CT molecular complexity index is 311. The molecular formula is C12H20N2O3. The van der Waals surface area contributed by atoms with Crippen molar-refractivity contribution in [3.05, 3.63) is 0 Å². The predicted octanol–water partition coefficient (Wildman–Crippen LogP) is 0.483. The van der Waals surface area contributed by atoms with Gasteiger partial charge in [-0.25, -0.2) is 4.79 Å². The lowest BCUT2D eigenvalue weighted by Gasteiger charge is -2.16. The summed E-state index contributed by atoms with van der Waals surface area (Å²) in [6, 6.07) is -0.841. The second-order valence-electron chi connectivity index (χ2n) is 5.34. The Morgan fingerprint density at radius 3 is 2.41 bits per heavy atom. The van der Waals surface area contributed by atoms with E-state index in [1.165, 1.54) is 0 Å². The van der Waals surface area contributed by atoms with Crippen LogP contribution in [0.3, 0.4) is 0 Å². The zero-order chi connectivity index (χ0) is 12.4. The van der Waals surface area contributed by atoms with E-state index in [1.54, 1.807) is 0 Å². The number of carboxylic acids is 1. The molecule has 2 saturated carbocycles. The summed E-state index contributed by atoms with van der Waals surface area (Å²) < 4.78 is 0. The first-order valence-electron chi connectivity index (χ1n) is 6.34. The van der Waals surface area contributed by atoms with E-state index >= 15 is 0 Å². The van der Waals surface area contributed by atoms with Gasteiger partial charge in [-0.2, -0.15) is 0 Å². The first-order chi connectivity index (χ1) is 8.06. The summed E-state index contributed by atoms with van der Waals surface area (Å²) >= 11 is 0. The smallest absolute Gasteiger partial charge is 0.326 e. The Balaban J connectivity index is 1.74. The standard InChI is InChI=1S/C12H20N2O3/c13-9(8-3-4-8)6-11(15)14-10(12(16)17)5-7-1-2-7/h7-10H,1-6,13H2,(H,14,15)(H,16,17)/t9?,10-/m0/s1. The Kier molecular flexibility index (Phi) is 3.66. The lowest BCUT2D eigenvalue weighted by Crippen LogP contribution is -2.43.